The van der Waals surface area contributed by atoms with Crippen LogP contribution in [0.1, 0.15) is 33.6 Å². The maximum absolute atomic E-state index is 5.51. The van der Waals surface area contributed by atoms with E-state index in [2.05, 4.69) is 19.2 Å². The SMILES string of the molecule is CCC(C)CNCCC1(C)OCCO1. The van der Waals surface area contributed by atoms with Crippen LogP contribution >= 0.6 is 0 Å². The Morgan fingerprint density at radius 1 is 1.36 bits per heavy atom. The summed E-state index contributed by atoms with van der Waals surface area (Å²) < 4.78 is 11.0. The van der Waals surface area contributed by atoms with Crippen molar-refractivity contribution in [2.24, 2.45) is 5.92 Å². The van der Waals surface area contributed by atoms with Gasteiger partial charge >= 0.3 is 0 Å². The van der Waals surface area contributed by atoms with Gasteiger partial charge in [-0.25, -0.2) is 0 Å². The number of ether oxygens (including phenoxy) is 2. The molecule has 1 heterocycles. The molecule has 0 bridgehead atoms. The van der Waals surface area contributed by atoms with E-state index in [4.69, 9.17) is 9.47 Å². The predicted molar refractivity (Wildman–Crippen MR) is 57.3 cm³/mol. The van der Waals surface area contributed by atoms with E-state index in [0.717, 1.165) is 38.6 Å². The molecule has 1 fully saturated rings. The van der Waals surface area contributed by atoms with Crippen LogP contribution in [-0.2, 0) is 9.47 Å². The second kappa shape index (κ2) is 5.69. The minimum atomic E-state index is -0.331. The summed E-state index contributed by atoms with van der Waals surface area (Å²) in [5.74, 6) is 0.427. The molecule has 0 aliphatic carbocycles. The highest BCUT2D eigenvalue weighted by Gasteiger charge is 2.29. The first-order valence-corrected chi connectivity index (χ1v) is 5.65. The average molecular weight is 201 g/mol. The van der Waals surface area contributed by atoms with Crippen molar-refractivity contribution in [1.29, 1.82) is 0 Å². The van der Waals surface area contributed by atoms with E-state index in [1.807, 2.05) is 6.92 Å². The summed E-state index contributed by atoms with van der Waals surface area (Å²) in [5.41, 5.74) is 0. The van der Waals surface area contributed by atoms with Crippen molar-refractivity contribution in [2.75, 3.05) is 26.3 Å². The zero-order chi connectivity index (χ0) is 10.4. The molecule has 1 rings (SSSR count). The van der Waals surface area contributed by atoms with Gasteiger partial charge in [-0.2, -0.15) is 0 Å². The summed E-state index contributed by atoms with van der Waals surface area (Å²) in [6.07, 6.45) is 2.17. The third kappa shape index (κ3) is 3.95. The molecule has 3 heteroatoms. The Morgan fingerprint density at radius 3 is 2.57 bits per heavy atom. The van der Waals surface area contributed by atoms with Crippen LogP contribution in [0.2, 0.25) is 0 Å². The number of rotatable bonds is 6. The third-order valence-electron chi connectivity index (χ3n) is 2.84. The Kier molecular flexibility index (Phi) is 4.85. The van der Waals surface area contributed by atoms with Gasteiger partial charge in [0.1, 0.15) is 0 Å². The number of hydrogen-bond donors (Lipinski definition) is 1. The molecular weight excluding hydrogens is 178 g/mol. The highest BCUT2D eigenvalue weighted by atomic mass is 16.7. The molecule has 1 unspecified atom stereocenters. The molecule has 0 aromatic carbocycles. The summed E-state index contributed by atoms with van der Waals surface area (Å²) in [6, 6.07) is 0. The molecule has 14 heavy (non-hydrogen) atoms. The summed E-state index contributed by atoms with van der Waals surface area (Å²) in [5, 5.41) is 3.43. The predicted octanol–water partition coefficient (Wildman–Crippen LogP) is 1.78. The lowest BCUT2D eigenvalue weighted by Crippen LogP contribution is -2.32. The smallest absolute Gasteiger partial charge is 0.166 e. The molecule has 0 aromatic rings. The molecule has 0 saturated carbocycles. The quantitative estimate of drug-likeness (QED) is 0.664. The number of nitrogens with one attached hydrogen (secondary N) is 1. The summed E-state index contributed by atoms with van der Waals surface area (Å²) in [6.45, 7) is 10.0. The van der Waals surface area contributed by atoms with Crippen LogP contribution in [0.25, 0.3) is 0 Å². The molecule has 1 saturated heterocycles. The second-order valence-electron chi connectivity index (χ2n) is 4.30. The number of hydrogen-bond acceptors (Lipinski definition) is 3. The fourth-order valence-electron chi connectivity index (χ4n) is 1.51. The van der Waals surface area contributed by atoms with Gasteiger partial charge in [-0.05, 0) is 19.4 Å². The van der Waals surface area contributed by atoms with E-state index >= 15 is 0 Å². The molecular formula is C11H23NO2. The van der Waals surface area contributed by atoms with E-state index < -0.39 is 0 Å². The van der Waals surface area contributed by atoms with Crippen LogP contribution < -0.4 is 5.32 Å². The van der Waals surface area contributed by atoms with Crippen LogP contribution in [0.5, 0.6) is 0 Å². The van der Waals surface area contributed by atoms with E-state index in [0.29, 0.717) is 0 Å². The van der Waals surface area contributed by atoms with Gasteiger partial charge in [0.2, 0.25) is 0 Å². The highest BCUT2D eigenvalue weighted by Crippen LogP contribution is 2.21. The van der Waals surface area contributed by atoms with Gasteiger partial charge in [-0.15, -0.1) is 0 Å². The monoisotopic (exact) mass is 201 g/mol. The van der Waals surface area contributed by atoms with Gasteiger partial charge in [0.15, 0.2) is 5.79 Å². The van der Waals surface area contributed by atoms with Crippen molar-refractivity contribution in [3.63, 3.8) is 0 Å². The van der Waals surface area contributed by atoms with E-state index in [-0.39, 0.29) is 5.79 Å². The molecule has 0 spiro atoms. The van der Waals surface area contributed by atoms with Gasteiger partial charge < -0.3 is 14.8 Å². The maximum Gasteiger partial charge on any atom is 0.166 e. The van der Waals surface area contributed by atoms with E-state index in [9.17, 15) is 0 Å². The molecule has 0 amide bonds. The van der Waals surface area contributed by atoms with Crippen molar-refractivity contribution < 1.29 is 9.47 Å². The lowest BCUT2D eigenvalue weighted by Gasteiger charge is -2.22. The van der Waals surface area contributed by atoms with Gasteiger partial charge in [-0.1, -0.05) is 20.3 Å². The fraction of sp³-hybridized carbons (Fsp3) is 1.00. The third-order valence-corrected chi connectivity index (χ3v) is 2.84. The molecule has 84 valence electrons. The molecule has 0 aromatic heterocycles. The lowest BCUT2D eigenvalue weighted by atomic mass is 10.1. The zero-order valence-electron chi connectivity index (χ0n) is 9.64. The minimum absolute atomic E-state index is 0.331. The first-order valence-electron chi connectivity index (χ1n) is 5.65. The van der Waals surface area contributed by atoms with Crippen molar-refractivity contribution in [3.05, 3.63) is 0 Å². The van der Waals surface area contributed by atoms with Gasteiger partial charge in [0, 0.05) is 13.0 Å². The van der Waals surface area contributed by atoms with Crippen molar-refractivity contribution in [3.8, 4) is 0 Å². The molecule has 3 nitrogen and oxygen atoms in total. The van der Waals surface area contributed by atoms with E-state index in [1.165, 1.54) is 6.42 Å². The van der Waals surface area contributed by atoms with Crippen LogP contribution in [0.15, 0.2) is 0 Å². The normalized spacial score (nSPS) is 22.5. The van der Waals surface area contributed by atoms with Gasteiger partial charge in [0.05, 0.1) is 13.2 Å². The molecule has 1 aliphatic heterocycles. The Morgan fingerprint density at radius 2 is 2.00 bits per heavy atom. The molecule has 1 atom stereocenters. The summed E-state index contributed by atoms with van der Waals surface area (Å²) >= 11 is 0. The summed E-state index contributed by atoms with van der Waals surface area (Å²) in [4.78, 5) is 0. The van der Waals surface area contributed by atoms with Crippen LogP contribution in [0, 0.1) is 5.92 Å². The maximum atomic E-state index is 5.51. The first kappa shape index (κ1) is 12.0. The van der Waals surface area contributed by atoms with Gasteiger partial charge in [0.25, 0.3) is 0 Å². The van der Waals surface area contributed by atoms with Crippen molar-refractivity contribution in [1.82, 2.24) is 5.32 Å². The minimum Gasteiger partial charge on any atom is -0.348 e. The molecule has 1 aliphatic rings. The Bertz CT molecular complexity index is 155. The average Bonchev–Trinajstić information content (AvgIpc) is 2.60. The Balaban J connectivity index is 2.03. The topological polar surface area (TPSA) is 30.5 Å². The standard InChI is InChI=1S/C11H23NO2/c1-4-10(2)9-12-6-5-11(3)13-7-8-14-11/h10,12H,4-9H2,1-3H3. The van der Waals surface area contributed by atoms with Crippen LogP contribution in [0.4, 0.5) is 0 Å². The van der Waals surface area contributed by atoms with Crippen molar-refractivity contribution in [2.45, 2.75) is 39.4 Å². The summed E-state index contributed by atoms with van der Waals surface area (Å²) in [7, 11) is 0. The van der Waals surface area contributed by atoms with Crippen LogP contribution in [-0.4, -0.2) is 32.1 Å². The Hall–Kier alpha value is -0.120. The fourth-order valence-corrected chi connectivity index (χ4v) is 1.51. The lowest BCUT2D eigenvalue weighted by molar-refractivity contribution is -0.145. The van der Waals surface area contributed by atoms with Crippen LogP contribution in [0.3, 0.4) is 0 Å². The Labute approximate surface area is 87.2 Å². The largest absolute Gasteiger partial charge is 0.348 e. The zero-order valence-corrected chi connectivity index (χ0v) is 9.64. The van der Waals surface area contributed by atoms with Crippen molar-refractivity contribution >= 4 is 0 Å². The molecule has 0 radical (unpaired) electrons. The molecule has 1 N–H and O–H groups in total. The highest BCUT2D eigenvalue weighted by molar-refractivity contribution is 4.69. The van der Waals surface area contributed by atoms with Gasteiger partial charge in [-0.3, -0.25) is 0 Å². The first-order chi connectivity index (χ1) is 6.66. The van der Waals surface area contributed by atoms with E-state index in [1.54, 1.807) is 0 Å². The second-order valence-corrected chi connectivity index (χ2v) is 4.30.